The topological polar surface area (TPSA) is 110 Å². The zero-order valence-electron chi connectivity index (χ0n) is 8.76. The molecule has 0 spiro atoms. The van der Waals surface area contributed by atoms with E-state index in [2.05, 4.69) is 0 Å². The Balaban J connectivity index is 3.23. The minimum Gasteiger partial charge on any atom is -0.508 e. The van der Waals surface area contributed by atoms with Gasteiger partial charge in [0.05, 0.1) is 16.5 Å². The molecule has 9 heteroatoms. The van der Waals surface area contributed by atoms with E-state index < -0.39 is 40.2 Å². The summed E-state index contributed by atoms with van der Waals surface area (Å²) in [5.74, 6) is -0.486. The molecule has 0 radical (unpaired) electrons. The molecule has 2 atom stereocenters. The number of aliphatic hydroxyl groups excluding tert-OH is 1. The highest BCUT2D eigenvalue weighted by Gasteiger charge is 2.44. The molecule has 0 aliphatic heterocycles. The predicted octanol–water partition coefficient (Wildman–Crippen LogP) is 1.22. The number of phenolic OH excluding ortho intramolecular Hbond substituents is 1. The first kappa shape index (κ1) is 14.2. The number of hydrogen-bond acceptors (Lipinski definition) is 5. The molecular weight excluding hydrogens is 257 g/mol. The fraction of sp³-hybridized carbons (Fsp3) is 0.333. The molecule has 0 aliphatic rings. The summed E-state index contributed by atoms with van der Waals surface area (Å²) in [6, 6.07) is 0.414. The Bertz CT molecular complexity index is 464. The van der Waals surface area contributed by atoms with Gasteiger partial charge in [0.25, 0.3) is 5.69 Å². The van der Waals surface area contributed by atoms with Crippen LogP contribution in [0.25, 0.3) is 0 Å². The lowest BCUT2D eigenvalue weighted by atomic mass is 10.00. The number of hydrogen-bond donors (Lipinski definition) is 3. The van der Waals surface area contributed by atoms with Crippen molar-refractivity contribution >= 4 is 5.69 Å². The summed E-state index contributed by atoms with van der Waals surface area (Å²) in [5, 5.41) is 28.7. The summed E-state index contributed by atoms with van der Waals surface area (Å²) in [6.45, 7) is 0. The number of benzene rings is 1. The third-order valence-electron chi connectivity index (χ3n) is 2.24. The summed E-state index contributed by atoms with van der Waals surface area (Å²) in [4.78, 5) is 9.67. The number of nitro groups is 1. The lowest BCUT2D eigenvalue weighted by Gasteiger charge is -2.21. The number of nitrogens with two attached hydrogens (primary N) is 1. The normalized spacial score (nSPS) is 15.2. The maximum atomic E-state index is 12.3. The van der Waals surface area contributed by atoms with Gasteiger partial charge in [0.2, 0.25) is 0 Å². The number of nitrogens with zero attached hydrogens (tertiary/aromatic N) is 1. The van der Waals surface area contributed by atoms with Gasteiger partial charge in [0.1, 0.15) is 5.75 Å². The first-order valence-electron chi connectivity index (χ1n) is 4.62. The van der Waals surface area contributed by atoms with E-state index in [-0.39, 0.29) is 0 Å². The molecule has 1 rings (SSSR count). The number of aliphatic hydroxyl groups is 1. The molecule has 100 valence electrons. The molecule has 0 amide bonds. The van der Waals surface area contributed by atoms with Gasteiger partial charge in [-0.1, -0.05) is 0 Å². The van der Waals surface area contributed by atoms with Crippen molar-refractivity contribution in [3.8, 4) is 5.75 Å². The van der Waals surface area contributed by atoms with E-state index in [9.17, 15) is 23.3 Å². The Morgan fingerprint density at radius 2 is 1.94 bits per heavy atom. The molecule has 18 heavy (non-hydrogen) atoms. The lowest BCUT2D eigenvalue weighted by molar-refractivity contribution is -0.386. The second kappa shape index (κ2) is 4.78. The van der Waals surface area contributed by atoms with E-state index in [1.54, 1.807) is 0 Å². The van der Waals surface area contributed by atoms with Crippen LogP contribution in [0, 0.1) is 10.1 Å². The van der Waals surface area contributed by atoms with Gasteiger partial charge in [0, 0.05) is 6.07 Å². The summed E-state index contributed by atoms with van der Waals surface area (Å²) in [5.41, 5.74) is 3.85. The van der Waals surface area contributed by atoms with E-state index in [4.69, 9.17) is 15.9 Å². The van der Waals surface area contributed by atoms with Crippen LogP contribution in [0.5, 0.6) is 5.75 Å². The number of nitro benzene ring substituents is 1. The van der Waals surface area contributed by atoms with Gasteiger partial charge in [-0.25, -0.2) is 0 Å². The molecule has 1 aromatic rings. The fourth-order valence-corrected chi connectivity index (χ4v) is 1.35. The van der Waals surface area contributed by atoms with Gasteiger partial charge in [-0.2, -0.15) is 13.2 Å². The maximum Gasteiger partial charge on any atom is 0.416 e. The van der Waals surface area contributed by atoms with Crippen LogP contribution >= 0.6 is 0 Å². The number of aromatic hydroxyl groups is 1. The minimum absolute atomic E-state index is 0.486. The molecule has 0 aliphatic carbocycles. The van der Waals surface area contributed by atoms with Gasteiger partial charge in [0.15, 0.2) is 6.10 Å². The van der Waals surface area contributed by atoms with Crippen molar-refractivity contribution in [2.24, 2.45) is 5.73 Å². The van der Waals surface area contributed by atoms with Gasteiger partial charge < -0.3 is 15.9 Å². The highest BCUT2D eigenvalue weighted by atomic mass is 19.4. The van der Waals surface area contributed by atoms with Crippen molar-refractivity contribution in [3.05, 3.63) is 33.9 Å². The maximum absolute atomic E-state index is 12.3. The third kappa shape index (κ3) is 2.87. The van der Waals surface area contributed by atoms with Gasteiger partial charge in [-0.05, 0) is 12.1 Å². The molecule has 0 saturated heterocycles. The Morgan fingerprint density at radius 3 is 2.39 bits per heavy atom. The summed E-state index contributed by atoms with van der Waals surface area (Å²) in [7, 11) is 0. The quantitative estimate of drug-likeness (QED) is 0.563. The van der Waals surface area contributed by atoms with E-state index in [0.29, 0.717) is 0 Å². The first-order valence-corrected chi connectivity index (χ1v) is 4.62. The summed E-state index contributed by atoms with van der Waals surface area (Å²) < 4.78 is 36.8. The van der Waals surface area contributed by atoms with Gasteiger partial charge in [-0.15, -0.1) is 0 Å². The minimum atomic E-state index is -5.02. The molecule has 0 fully saturated rings. The first-order chi connectivity index (χ1) is 8.14. The fourth-order valence-electron chi connectivity index (χ4n) is 1.35. The van der Waals surface area contributed by atoms with Crippen molar-refractivity contribution in [2.75, 3.05) is 0 Å². The Kier molecular flexibility index (Phi) is 3.77. The number of phenols is 1. The van der Waals surface area contributed by atoms with Crippen LogP contribution < -0.4 is 5.73 Å². The summed E-state index contributed by atoms with van der Waals surface area (Å²) in [6.07, 6.45) is -7.98. The van der Waals surface area contributed by atoms with Crippen LogP contribution in [0.3, 0.4) is 0 Å². The van der Waals surface area contributed by atoms with Crippen molar-refractivity contribution in [1.82, 2.24) is 0 Å². The Hall–Kier alpha value is -1.87. The van der Waals surface area contributed by atoms with Crippen molar-refractivity contribution in [1.29, 1.82) is 0 Å². The molecule has 0 heterocycles. The highest BCUT2D eigenvalue weighted by molar-refractivity contribution is 5.47. The average Bonchev–Trinajstić information content (AvgIpc) is 2.25. The molecule has 1 aromatic carbocycles. The molecule has 6 nitrogen and oxygen atoms in total. The number of rotatable bonds is 3. The van der Waals surface area contributed by atoms with Gasteiger partial charge >= 0.3 is 6.18 Å². The van der Waals surface area contributed by atoms with Crippen molar-refractivity contribution in [2.45, 2.75) is 18.3 Å². The molecule has 0 unspecified atom stereocenters. The van der Waals surface area contributed by atoms with Crippen LogP contribution in [0.2, 0.25) is 0 Å². The van der Waals surface area contributed by atoms with Crippen LogP contribution in [0.15, 0.2) is 18.2 Å². The monoisotopic (exact) mass is 266 g/mol. The van der Waals surface area contributed by atoms with Crippen LogP contribution in [-0.2, 0) is 0 Å². The predicted molar refractivity (Wildman–Crippen MR) is 53.8 cm³/mol. The Labute approximate surface area is 98.6 Å². The number of halogens is 3. The smallest absolute Gasteiger partial charge is 0.416 e. The van der Waals surface area contributed by atoms with Crippen LogP contribution in [0.4, 0.5) is 18.9 Å². The van der Waals surface area contributed by atoms with E-state index in [1.165, 1.54) is 0 Å². The van der Waals surface area contributed by atoms with Crippen LogP contribution in [0.1, 0.15) is 11.6 Å². The SMILES string of the molecule is N[C@H](c1cc(O)ccc1[N+](=O)[O-])[C@@H](O)C(F)(F)F. The second-order valence-electron chi connectivity index (χ2n) is 3.51. The highest BCUT2D eigenvalue weighted by Crippen LogP contribution is 2.34. The summed E-state index contributed by atoms with van der Waals surface area (Å²) >= 11 is 0. The lowest BCUT2D eigenvalue weighted by Crippen LogP contribution is -2.39. The zero-order chi connectivity index (χ0) is 14.1. The second-order valence-corrected chi connectivity index (χ2v) is 3.51. The molecule has 0 bridgehead atoms. The average molecular weight is 266 g/mol. The largest absolute Gasteiger partial charge is 0.508 e. The van der Waals surface area contributed by atoms with E-state index in [1.807, 2.05) is 0 Å². The van der Waals surface area contributed by atoms with Crippen molar-refractivity contribution < 1.29 is 28.3 Å². The number of alkyl halides is 3. The van der Waals surface area contributed by atoms with Crippen LogP contribution in [-0.4, -0.2) is 27.4 Å². The Morgan fingerprint density at radius 1 is 1.39 bits per heavy atom. The molecule has 0 aromatic heterocycles. The molecule has 0 saturated carbocycles. The zero-order valence-corrected chi connectivity index (χ0v) is 8.76. The molecular formula is C9H9F3N2O4. The van der Waals surface area contributed by atoms with Gasteiger partial charge in [-0.3, -0.25) is 10.1 Å². The third-order valence-corrected chi connectivity index (χ3v) is 2.24. The van der Waals surface area contributed by atoms with E-state index in [0.717, 1.165) is 18.2 Å². The molecule has 4 N–H and O–H groups in total. The van der Waals surface area contributed by atoms with Crippen molar-refractivity contribution in [3.63, 3.8) is 0 Å². The standard InChI is InChI=1S/C9H9F3N2O4/c10-9(11,12)8(16)7(13)5-3-4(15)1-2-6(5)14(17)18/h1-3,7-8,15-16H,13H2/t7-,8-/m1/s1. The van der Waals surface area contributed by atoms with E-state index >= 15 is 0 Å².